The van der Waals surface area contributed by atoms with Crippen LogP contribution in [0.2, 0.25) is 0 Å². The summed E-state index contributed by atoms with van der Waals surface area (Å²) in [7, 11) is 0. The monoisotopic (exact) mass is 238 g/mol. The first-order valence-electron chi connectivity index (χ1n) is 5.97. The van der Waals surface area contributed by atoms with Gasteiger partial charge in [0, 0.05) is 5.54 Å². The second kappa shape index (κ2) is 3.75. The van der Waals surface area contributed by atoms with Crippen molar-refractivity contribution in [1.29, 1.82) is 0 Å². The van der Waals surface area contributed by atoms with Crippen LogP contribution in [0.1, 0.15) is 39.2 Å². The van der Waals surface area contributed by atoms with Crippen LogP contribution in [-0.2, 0) is 12.0 Å². The van der Waals surface area contributed by atoms with Gasteiger partial charge in [-0.2, -0.15) is 0 Å². The van der Waals surface area contributed by atoms with E-state index in [0.717, 1.165) is 12.8 Å². The number of hydrogen-bond donors (Lipinski definition) is 2. The molecule has 1 aromatic heterocycles. The molecular formula is C12H18N2O3. The summed E-state index contributed by atoms with van der Waals surface area (Å²) in [4.78, 5) is 25.7. The van der Waals surface area contributed by atoms with Crippen LogP contribution < -0.4 is 11.2 Å². The Kier molecular flexibility index (Phi) is 2.64. The summed E-state index contributed by atoms with van der Waals surface area (Å²) < 4.78 is 1.32. The number of aromatic nitrogens is 2. The van der Waals surface area contributed by atoms with Crippen LogP contribution in [0, 0.1) is 5.92 Å². The molecule has 0 spiro atoms. The van der Waals surface area contributed by atoms with E-state index in [1.54, 1.807) is 6.92 Å². The first kappa shape index (κ1) is 12.0. The van der Waals surface area contributed by atoms with E-state index in [4.69, 9.17) is 0 Å². The number of rotatable bonds is 3. The molecule has 1 aromatic rings. The smallest absolute Gasteiger partial charge is 0.331 e. The maximum atomic E-state index is 11.9. The molecule has 0 amide bonds. The van der Waals surface area contributed by atoms with Crippen LogP contribution in [0.4, 0.5) is 0 Å². The summed E-state index contributed by atoms with van der Waals surface area (Å²) in [6.07, 6.45) is 2.52. The Labute approximate surface area is 99.1 Å². The van der Waals surface area contributed by atoms with Crippen molar-refractivity contribution in [2.45, 2.75) is 45.6 Å². The van der Waals surface area contributed by atoms with Gasteiger partial charge in [0.25, 0.3) is 5.56 Å². The van der Waals surface area contributed by atoms with Gasteiger partial charge in [0.1, 0.15) is 0 Å². The van der Waals surface area contributed by atoms with Crippen molar-refractivity contribution in [2.24, 2.45) is 5.92 Å². The molecule has 1 aliphatic carbocycles. The van der Waals surface area contributed by atoms with E-state index < -0.39 is 16.8 Å². The SMILES string of the molecule is CCc1c(O)n(C(C)(C)C2CC2)c(=O)[nH]c1=O. The van der Waals surface area contributed by atoms with Crippen LogP contribution in [0.3, 0.4) is 0 Å². The van der Waals surface area contributed by atoms with Crippen LogP contribution in [0.15, 0.2) is 9.59 Å². The number of H-pyrrole nitrogens is 1. The van der Waals surface area contributed by atoms with Crippen molar-refractivity contribution in [3.05, 3.63) is 26.4 Å². The standard InChI is InChI=1S/C12H18N2O3/c1-4-8-9(15)13-11(17)14(10(8)16)12(2,3)7-5-6-7/h7,16H,4-6H2,1-3H3,(H,13,15,17). The van der Waals surface area contributed by atoms with Gasteiger partial charge in [-0.25, -0.2) is 4.79 Å². The topological polar surface area (TPSA) is 75.1 Å². The van der Waals surface area contributed by atoms with Crippen molar-refractivity contribution in [1.82, 2.24) is 9.55 Å². The molecule has 1 aliphatic rings. The summed E-state index contributed by atoms with van der Waals surface area (Å²) in [5, 5.41) is 10.1. The molecule has 0 radical (unpaired) electrons. The molecule has 17 heavy (non-hydrogen) atoms. The molecular weight excluding hydrogens is 220 g/mol. The van der Waals surface area contributed by atoms with E-state index in [9.17, 15) is 14.7 Å². The molecule has 5 heteroatoms. The Balaban J connectivity index is 2.69. The largest absolute Gasteiger partial charge is 0.494 e. The van der Waals surface area contributed by atoms with Gasteiger partial charge in [0.05, 0.1) is 5.56 Å². The third-order valence-electron chi connectivity index (χ3n) is 3.69. The van der Waals surface area contributed by atoms with Gasteiger partial charge in [-0.1, -0.05) is 6.92 Å². The zero-order valence-corrected chi connectivity index (χ0v) is 10.4. The maximum absolute atomic E-state index is 11.9. The van der Waals surface area contributed by atoms with Crippen LogP contribution in [-0.4, -0.2) is 14.7 Å². The summed E-state index contributed by atoms with van der Waals surface area (Å²) in [6, 6.07) is 0. The van der Waals surface area contributed by atoms with Crippen molar-refractivity contribution < 1.29 is 5.11 Å². The average molecular weight is 238 g/mol. The summed E-state index contributed by atoms with van der Waals surface area (Å²) in [5.74, 6) is 0.208. The highest BCUT2D eigenvalue weighted by molar-refractivity contribution is 5.24. The number of nitrogens with zero attached hydrogens (tertiary/aromatic N) is 1. The highest BCUT2D eigenvalue weighted by Gasteiger charge is 2.41. The first-order valence-corrected chi connectivity index (χ1v) is 5.97. The average Bonchev–Trinajstić information content (AvgIpc) is 2.99. The molecule has 0 aliphatic heterocycles. The fraction of sp³-hybridized carbons (Fsp3) is 0.667. The lowest BCUT2D eigenvalue weighted by Gasteiger charge is -2.28. The Morgan fingerprint density at radius 3 is 2.47 bits per heavy atom. The number of hydrogen-bond acceptors (Lipinski definition) is 3. The van der Waals surface area contributed by atoms with Crippen molar-refractivity contribution >= 4 is 0 Å². The second-order valence-electron chi connectivity index (χ2n) is 5.18. The molecule has 0 saturated heterocycles. The molecule has 2 N–H and O–H groups in total. The summed E-state index contributed by atoms with van der Waals surface area (Å²) in [6.45, 7) is 5.62. The molecule has 0 aromatic carbocycles. The quantitative estimate of drug-likeness (QED) is 0.823. The van der Waals surface area contributed by atoms with Gasteiger partial charge in [0.2, 0.25) is 5.88 Å². The van der Waals surface area contributed by atoms with Gasteiger partial charge in [-0.3, -0.25) is 14.3 Å². The molecule has 0 atom stereocenters. The third-order valence-corrected chi connectivity index (χ3v) is 3.69. The Morgan fingerprint density at radius 1 is 1.41 bits per heavy atom. The van der Waals surface area contributed by atoms with E-state index in [0.29, 0.717) is 12.3 Å². The Bertz CT molecular complexity index is 550. The number of aromatic amines is 1. The highest BCUT2D eigenvalue weighted by Crippen LogP contribution is 2.44. The minimum Gasteiger partial charge on any atom is -0.494 e. The zero-order valence-electron chi connectivity index (χ0n) is 10.4. The Morgan fingerprint density at radius 2 is 2.00 bits per heavy atom. The highest BCUT2D eigenvalue weighted by atomic mass is 16.3. The predicted octanol–water partition coefficient (Wildman–Crippen LogP) is 0.950. The maximum Gasteiger partial charge on any atom is 0.331 e. The minimum absolute atomic E-state index is 0.182. The number of nitrogens with one attached hydrogen (secondary N) is 1. The first-order chi connectivity index (χ1) is 7.89. The summed E-state index contributed by atoms with van der Waals surface area (Å²) >= 11 is 0. The third kappa shape index (κ3) is 1.79. The van der Waals surface area contributed by atoms with Crippen LogP contribution in [0.5, 0.6) is 5.88 Å². The van der Waals surface area contributed by atoms with Crippen LogP contribution >= 0.6 is 0 Å². The fourth-order valence-electron chi connectivity index (χ4n) is 2.39. The van der Waals surface area contributed by atoms with Crippen molar-refractivity contribution in [3.63, 3.8) is 0 Å². The van der Waals surface area contributed by atoms with Crippen molar-refractivity contribution in [3.8, 4) is 5.88 Å². The lowest BCUT2D eigenvalue weighted by atomic mass is 9.98. The zero-order chi connectivity index (χ0) is 12.8. The van der Waals surface area contributed by atoms with E-state index in [-0.39, 0.29) is 11.4 Å². The predicted molar refractivity (Wildman–Crippen MR) is 64.4 cm³/mol. The molecule has 5 nitrogen and oxygen atoms in total. The van der Waals surface area contributed by atoms with Gasteiger partial charge in [-0.15, -0.1) is 0 Å². The van der Waals surface area contributed by atoms with E-state index in [1.165, 1.54) is 4.57 Å². The molecule has 1 heterocycles. The minimum atomic E-state index is -0.526. The van der Waals surface area contributed by atoms with Crippen LogP contribution in [0.25, 0.3) is 0 Å². The number of aromatic hydroxyl groups is 1. The lowest BCUT2D eigenvalue weighted by Crippen LogP contribution is -2.42. The molecule has 0 unspecified atom stereocenters. The fourth-order valence-corrected chi connectivity index (χ4v) is 2.39. The Hall–Kier alpha value is -1.52. The molecule has 1 fully saturated rings. The molecule has 2 rings (SSSR count). The molecule has 0 bridgehead atoms. The van der Waals surface area contributed by atoms with Gasteiger partial charge >= 0.3 is 5.69 Å². The molecule has 1 saturated carbocycles. The van der Waals surface area contributed by atoms with E-state index in [1.807, 2.05) is 13.8 Å². The van der Waals surface area contributed by atoms with Gasteiger partial charge in [-0.05, 0) is 39.0 Å². The van der Waals surface area contributed by atoms with E-state index in [2.05, 4.69) is 4.98 Å². The normalized spacial score (nSPS) is 16.2. The van der Waals surface area contributed by atoms with Crippen molar-refractivity contribution in [2.75, 3.05) is 0 Å². The van der Waals surface area contributed by atoms with Gasteiger partial charge < -0.3 is 5.11 Å². The second-order valence-corrected chi connectivity index (χ2v) is 5.18. The molecule has 94 valence electrons. The lowest BCUT2D eigenvalue weighted by molar-refractivity contribution is 0.248. The van der Waals surface area contributed by atoms with Gasteiger partial charge in [0.15, 0.2) is 0 Å². The van der Waals surface area contributed by atoms with E-state index >= 15 is 0 Å². The summed E-state index contributed by atoms with van der Waals surface area (Å²) in [5.41, 5.74) is -1.19.